The zero-order valence-electron chi connectivity index (χ0n) is 6.90. The van der Waals surface area contributed by atoms with Gasteiger partial charge in [-0.1, -0.05) is 0 Å². The van der Waals surface area contributed by atoms with Crippen molar-refractivity contribution >= 4 is 42.8 Å². The Bertz CT molecular complexity index is 450. The summed E-state index contributed by atoms with van der Waals surface area (Å²) in [7, 11) is 1.67. The standard InChI is InChI=1S/C9H7Br2NO/c1-13-7-4-6(10)8(11)9-5(7)2-3-12-9/h2-4,12H,1H3. The SMILES string of the molecule is COc1cc(Br)c(Br)c2[nH]ccc12. The highest BCUT2D eigenvalue weighted by atomic mass is 79.9. The summed E-state index contributed by atoms with van der Waals surface area (Å²) in [6, 6.07) is 3.94. The Hall–Kier alpha value is -0.480. The summed E-state index contributed by atoms with van der Waals surface area (Å²) >= 11 is 6.94. The highest BCUT2D eigenvalue weighted by Gasteiger charge is 2.09. The predicted octanol–water partition coefficient (Wildman–Crippen LogP) is 3.70. The molecule has 1 heterocycles. The van der Waals surface area contributed by atoms with Crippen LogP contribution in [0.4, 0.5) is 0 Å². The van der Waals surface area contributed by atoms with Gasteiger partial charge in [-0.15, -0.1) is 0 Å². The maximum absolute atomic E-state index is 5.25. The molecule has 1 N–H and O–H groups in total. The lowest BCUT2D eigenvalue weighted by molar-refractivity contribution is 0.419. The number of rotatable bonds is 1. The maximum atomic E-state index is 5.25. The second-order valence-electron chi connectivity index (χ2n) is 2.64. The molecule has 0 bridgehead atoms. The second-order valence-corrected chi connectivity index (χ2v) is 4.29. The van der Waals surface area contributed by atoms with Crippen molar-refractivity contribution in [1.82, 2.24) is 4.98 Å². The summed E-state index contributed by atoms with van der Waals surface area (Å²) in [6.07, 6.45) is 1.89. The van der Waals surface area contributed by atoms with Crippen LogP contribution in [0.25, 0.3) is 10.9 Å². The number of aromatic nitrogens is 1. The van der Waals surface area contributed by atoms with Gasteiger partial charge in [-0.3, -0.25) is 0 Å². The minimum absolute atomic E-state index is 0.867. The third kappa shape index (κ3) is 1.38. The summed E-state index contributed by atoms with van der Waals surface area (Å²) in [5.41, 5.74) is 1.05. The highest BCUT2D eigenvalue weighted by Crippen LogP contribution is 2.36. The fourth-order valence-corrected chi connectivity index (χ4v) is 2.15. The van der Waals surface area contributed by atoms with Crippen LogP contribution in [0.15, 0.2) is 27.3 Å². The van der Waals surface area contributed by atoms with Crippen LogP contribution in [0, 0.1) is 0 Å². The van der Waals surface area contributed by atoms with Crippen molar-refractivity contribution in [2.75, 3.05) is 7.11 Å². The van der Waals surface area contributed by atoms with Crippen molar-refractivity contribution < 1.29 is 4.74 Å². The van der Waals surface area contributed by atoms with Gasteiger partial charge < -0.3 is 9.72 Å². The van der Waals surface area contributed by atoms with Gasteiger partial charge in [0, 0.05) is 16.1 Å². The molecule has 0 fully saturated rings. The van der Waals surface area contributed by atoms with Gasteiger partial charge in [-0.05, 0) is 44.0 Å². The van der Waals surface area contributed by atoms with Gasteiger partial charge in [0.05, 0.1) is 17.1 Å². The third-order valence-electron chi connectivity index (χ3n) is 1.92. The predicted molar refractivity (Wildman–Crippen MR) is 60.3 cm³/mol. The van der Waals surface area contributed by atoms with E-state index in [4.69, 9.17) is 4.74 Å². The molecule has 68 valence electrons. The topological polar surface area (TPSA) is 25.0 Å². The van der Waals surface area contributed by atoms with Gasteiger partial charge >= 0.3 is 0 Å². The van der Waals surface area contributed by atoms with E-state index in [1.54, 1.807) is 7.11 Å². The normalized spacial score (nSPS) is 10.7. The van der Waals surface area contributed by atoms with Crippen LogP contribution in [0.5, 0.6) is 5.75 Å². The first kappa shape index (κ1) is 9.09. The molecule has 2 aromatic rings. The molecule has 0 aliphatic heterocycles. The molecule has 13 heavy (non-hydrogen) atoms. The van der Waals surface area contributed by atoms with E-state index < -0.39 is 0 Å². The summed E-state index contributed by atoms with van der Waals surface area (Å²) in [4.78, 5) is 3.15. The van der Waals surface area contributed by atoms with Crippen molar-refractivity contribution in [3.63, 3.8) is 0 Å². The van der Waals surface area contributed by atoms with Gasteiger partial charge in [-0.2, -0.15) is 0 Å². The number of aromatic amines is 1. The molecule has 0 unspecified atom stereocenters. The van der Waals surface area contributed by atoms with Gasteiger partial charge in [0.25, 0.3) is 0 Å². The summed E-state index contributed by atoms with van der Waals surface area (Å²) < 4.78 is 7.26. The number of ether oxygens (including phenoxy) is 1. The molecule has 0 saturated heterocycles. The smallest absolute Gasteiger partial charge is 0.129 e. The molecule has 4 heteroatoms. The minimum atomic E-state index is 0.867. The van der Waals surface area contributed by atoms with Crippen LogP contribution in [0.2, 0.25) is 0 Å². The number of hydrogen-bond acceptors (Lipinski definition) is 1. The van der Waals surface area contributed by atoms with E-state index in [1.165, 1.54) is 0 Å². The second kappa shape index (κ2) is 3.35. The van der Waals surface area contributed by atoms with Crippen molar-refractivity contribution in [3.8, 4) is 5.75 Å². The van der Waals surface area contributed by atoms with Crippen molar-refractivity contribution in [2.24, 2.45) is 0 Å². The molecule has 1 aromatic carbocycles. The molecular formula is C9H7Br2NO. The van der Waals surface area contributed by atoms with Gasteiger partial charge in [0.2, 0.25) is 0 Å². The average molecular weight is 305 g/mol. The first-order valence-electron chi connectivity index (χ1n) is 3.73. The van der Waals surface area contributed by atoms with E-state index in [1.807, 2.05) is 18.3 Å². The molecule has 2 rings (SSSR count). The van der Waals surface area contributed by atoms with Crippen LogP contribution >= 0.6 is 31.9 Å². The molecule has 2 nitrogen and oxygen atoms in total. The first-order valence-corrected chi connectivity index (χ1v) is 5.31. The Labute approximate surface area is 92.5 Å². The Morgan fingerprint density at radius 3 is 2.85 bits per heavy atom. The van der Waals surface area contributed by atoms with E-state index in [9.17, 15) is 0 Å². The monoisotopic (exact) mass is 303 g/mol. The Morgan fingerprint density at radius 1 is 1.38 bits per heavy atom. The van der Waals surface area contributed by atoms with Gasteiger partial charge in [-0.25, -0.2) is 0 Å². The number of H-pyrrole nitrogens is 1. The average Bonchev–Trinajstić information content (AvgIpc) is 2.60. The van der Waals surface area contributed by atoms with Crippen LogP contribution in [-0.2, 0) is 0 Å². The van der Waals surface area contributed by atoms with Crippen LogP contribution < -0.4 is 4.74 Å². The van der Waals surface area contributed by atoms with Crippen LogP contribution in [-0.4, -0.2) is 12.1 Å². The fourth-order valence-electron chi connectivity index (χ4n) is 1.30. The van der Waals surface area contributed by atoms with E-state index in [0.29, 0.717) is 0 Å². The lowest BCUT2D eigenvalue weighted by atomic mass is 10.2. The molecule has 0 saturated carbocycles. The molecule has 0 atom stereocenters. The van der Waals surface area contributed by atoms with Crippen molar-refractivity contribution in [2.45, 2.75) is 0 Å². The molecule has 0 aliphatic rings. The first-order chi connectivity index (χ1) is 6.24. The number of nitrogens with one attached hydrogen (secondary N) is 1. The Balaban J connectivity index is 2.87. The summed E-state index contributed by atoms with van der Waals surface area (Å²) in [6.45, 7) is 0. The highest BCUT2D eigenvalue weighted by molar-refractivity contribution is 9.13. The van der Waals surface area contributed by atoms with Gasteiger partial charge in [0.15, 0.2) is 0 Å². The largest absolute Gasteiger partial charge is 0.496 e. The van der Waals surface area contributed by atoms with Gasteiger partial charge in [0.1, 0.15) is 5.75 Å². The van der Waals surface area contributed by atoms with E-state index in [2.05, 4.69) is 36.8 Å². The lowest BCUT2D eigenvalue weighted by Gasteiger charge is -2.04. The molecule has 0 radical (unpaired) electrons. The number of methoxy groups -OCH3 is 1. The molecule has 1 aromatic heterocycles. The van der Waals surface area contributed by atoms with Crippen molar-refractivity contribution in [3.05, 3.63) is 27.3 Å². The van der Waals surface area contributed by atoms with Crippen molar-refractivity contribution in [1.29, 1.82) is 0 Å². The van der Waals surface area contributed by atoms with E-state index in [0.717, 1.165) is 25.6 Å². The maximum Gasteiger partial charge on any atom is 0.129 e. The fraction of sp³-hybridized carbons (Fsp3) is 0.111. The van der Waals surface area contributed by atoms with Crippen LogP contribution in [0.1, 0.15) is 0 Å². The Morgan fingerprint density at radius 2 is 2.15 bits per heavy atom. The quantitative estimate of drug-likeness (QED) is 0.854. The number of hydrogen-bond donors (Lipinski definition) is 1. The molecular weight excluding hydrogens is 298 g/mol. The summed E-state index contributed by atoms with van der Waals surface area (Å²) in [5, 5.41) is 1.08. The number of benzene rings is 1. The van der Waals surface area contributed by atoms with E-state index >= 15 is 0 Å². The third-order valence-corrected chi connectivity index (χ3v) is 3.90. The number of fused-ring (bicyclic) bond motifs is 1. The van der Waals surface area contributed by atoms with E-state index in [-0.39, 0.29) is 0 Å². The summed E-state index contributed by atoms with van der Waals surface area (Å²) in [5.74, 6) is 0.867. The Kier molecular flexibility index (Phi) is 2.34. The lowest BCUT2D eigenvalue weighted by Crippen LogP contribution is -1.84. The molecule has 0 spiro atoms. The minimum Gasteiger partial charge on any atom is -0.496 e. The van der Waals surface area contributed by atoms with Crippen LogP contribution in [0.3, 0.4) is 0 Å². The number of halogens is 2. The zero-order chi connectivity index (χ0) is 9.42. The molecule has 0 amide bonds. The zero-order valence-corrected chi connectivity index (χ0v) is 10.1. The molecule has 0 aliphatic carbocycles.